The first-order chi connectivity index (χ1) is 4.29. The minimum absolute atomic E-state index is 0.0694. The Kier molecular flexibility index (Phi) is 2.71. The molecule has 0 N–H and O–H groups in total. The van der Waals surface area contributed by atoms with Gasteiger partial charge in [0, 0.05) is 0 Å². The van der Waals surface area contributed by atoms with Gasteiger partial charge in [-0.2, -0.15) is 0 Å². The van der Waals surface area contributed by atoms with Gasteiger partial charge in [-0.25, -0.2) is 0 Å². The molecule has 0 saturated carbocycles. The normalized spacial score (nSPS) is 16.6. The number of nitrogens with zero attached hydrogens (tertiary/aromatic N) is 1. The predicted molar refractivity (Wildman–Crippen MR) is 35.5 cm³/mol. The second-order valence-corrected chi connectivity index (χ2v) is 5.08. The Bertz CT molecular complexity index is 147. The minimum atomic E-state index is 0.0694. The fourth-order valence-corrected chi connectivity index (χ4v) is 2.31. The van der Waals surface area contributed by atoms with Crippen molar-refractivity contribution in [1.29, 1.82) is 0 Å². The van der Waals surface area contributed by atoms with Crippen LogP contribution in [0, 0.1) is 0 Å². The van der Waals surface area contributed by atoms with Crippen LogP contribution in [-0.2, 0) is 19.4 Å². The van der Waals surface area contributed by atoms with E-state index in [9.17, 15) is 0 Å². The molecule has 0 spiro atoms. The van der Waals surface area contributed by atoms with E-state index in [-0.39, 0.29) is 19.4 Å². The third kappa shape index (κ3) is 2.48. The Balaban J connectivity index is 2.30. The van der Waals surface area contributed by atoms with Crippen molar-refractivity contribution in [3.8, 4) is 0 Å². The molecule has 0 aromatic rings. The number of hydrogen-bond donors (Lipinski definition) is 0. The topological polar surface area (TPSA) is 3.24 Å². The van der Waals surface area contributed by atoms with Crippen LogP contribution in [0.5, 0.6) is 0 Å². The molecule has 2 heteroatoms. The summed E-state index contributed by atoms with van der Waals surface area (Å²) in [6.45, 7) is 0. The third-order valence-electron chi connectivity index (χ3n) is 1.14. The van der Waals surface area contributed by atoms with Crippen LogP contribution in [0.3, 0.4) is 0 Å². The molecule has 0 amide bonds. The molecule has 0 fully saturated rings. The third-order valence-corrected chi connectivity index (χ3v) is 2.86. The van der Waals surface area contributed by atoms with Gasteiger partial charge in [-0.3, -0.25) is 0 Å². The summed E-state index contributed by atoms with van der Waals surface area (Å²) in [7, 11) is 4.30. The molecule has 0 bridgehead atoms. The van der Waals surface area contributed by atoms with Gasteiger partial charge < -0.3 is 0 Å². The molecule has 0 unspecified atom stereocenters. The van der Waals surface area contributed by atoms with Crippen molar-refractivity contribution < 1.29 is 19.4 Å². The van der Waals surface area contributed by atoms with Gasteiger partial charge in [-0.15, -0.1) is 0 Å². The molecule has 0 aromatic heterocycles. The van der Waals surface area contributed by atoms with E-state index >= 15 is 0 Å². The molecule has 0 heterocycles. The SMILES string of the molecule is C[N](C)[Ti][C]1=CC=CC1. The van der Waals surface area contributed by atoms with E-state index in [0.717, 1.165) is 0 Å². The van der Waals surface area contributed by atoms with E-state index in [4.69, 9.17) is 0 Å². The van der Waals surface area contributed by atoms with Crippen LogP contribution in [0.25, 0.3) is 0 Å². The van der Waals surface area contributed by atoms with Gasteiger partial charge in [0.25, 0.3) is 0 Å². The van der Waals surface area contributed by atoms with Gasteiger partial charge in [0.2, 0.25) is 0 Å². The van der Waals surface area contributed by atoms with Gasteiger partial charge >= 0.3 is 65.4 Å². The molecule has 1 rings (SSSR count). The molecule has 0 aromatic carbocycles. The van der Waals surface area contributed by atoms with Crippen LogP contribution in [0.1, 0.15) is 6.42 Å². The van der Waals surface area contributed by atoms with Crippen molar-refractivity contribution in [1.82, 2.24) is 3.38 Å². The second-order valence-electron chi connectivity index (χ2n) is 2.33. The van der Waals surface area contributed by atoms with Crippen molar-refractivity contribution in [2.24, 2.45) is 0 Å². The van der Waals surface area contributed by atoms with Crippen LogP contribution in [0.2, 0.25) is 0 Å². The standard InChI is InChI=1S/C5H5.C2H6N.Ti/c1-2-4-5-3-1;1-3-2;/h1-3H,4H2;1-2H3;/q;-1;+1. The molecular weight excluding hydrogens is 146 g/mol. The summed E-state index contributed by atoms with van der Waals surface area (Å²) in [4.78, 5) is 0. The molecule has 0 radical (unpaired) electrons. The fraction of sp³-hybridized carbons (Fsp3) is 0.429. The first-order valence-corrected chi connectivity index (χ1v) is 4.56. The first-order valence-electron chi connectivity index (χ1n) is 3.09. The molecule has 0 aliphatic heterocycles. The summed E-state index contributed by atoms with van der Waals surface area (Å²) in [5, 5.41) is 0. The maximum atomic E-state index is 2.32. The average molecular weight is 157 g/mol. The van der Waals surface area contributed by atoms with E-state index in [1.54, 1.807) is 3.88 Å². The molecular formula is C7H11NTi. The second kappa shape index (κ2) is 3.35. The predicted octanol–water partition coefficient (Wildman–Crippen LogP) is 1.39. The summed E-state index contributed by atoms with van der Waals surface area (Å²) in [5.41, 5.74) is 0. The van der Waals surface area contributed by atoms with Crippen LogP contribution < -0.4 is 0 Å². The van der Waals surface area contributed by atoms with E-state index in [1.807, 2.05) is 0 Å². The van der Waals surface area contributed by atoms with Gasteiger partial charge in [0.15, 0.2) is 0 Å². The van der Waals surface area contributed by atoms with Crippen molar-refractivity contribution in [3.05, 3.63) is 22.1 Å². The van der Waals surface area contributed by atoms with Gasteiger partial charge in [0.1, 0.15) is 0 Å². The summed E-state index contributed by atoms with van der Waals surface area (Å²) in [5.74, 6) is 0. The van der Waals surface area contributed by atoms with Crippen LogP contribution in [0.15, 0.2) is 22.1 Å². The fourth-order valence-electron chi connectivity index (χ4n) is 0.817. The van der Waals surface area contributed by atoms with Crippen molar-refractivity contribution >= 4 is 0 Å². The number of rotatable bonds is 2. The van der Waals surface area contributed by atoms with Gasteiger partial charge in [-0.1, -0.05) is 0 Å². The number of allylic oxidation sites excluding steroid dienone is 4. The molecule has 9 heavy (non-hydrogen) atoms. The van der Waals surface area contributed by atoms with E-state index < -0.39 is 0 Å². The maximum absolute atomic E-state index is 2.32. The van der Waals surface area contributed by atoms with Crippen molar-refractivity contribution in [2.45, 2.75) is 6.42 Å². The summed E-state index contributed by atoms with van der Waals surface area (Å²) < 4.78 is 3.96. The Morgan fingerprint density at radius 3 is 2.78 bits per heavy atom. The molecule has 1 nitrogen and oxygen atoms in total. The first kappa shape index (κ1) is 7.26. The molecule has 0 atom stereocenters. The molecule has 1 aliphatic carbocycles. The van der Waals surface area contributed by atoms with Gasteiger partial charge in [0.05, 0.1) is 0 Å². The Labute approximate surface area is 65.7 Å². The Morgan fingerprint density at radius 2 is 2.33 bits per heavy atom. The zero-order chi connectivity index (χ0) is 6.69. The monoisotopic (exact) mass is 157 g/mol. The van der Waals surface area contributed by atoms with E-state index in [1.165, 1.54) is 6.42 Å². The zero-order valence-corrected chi connectivity index (χ0v) is 7.45. The van der Waals surface area contributed by atoms with E-state index in [0.29, 0.717) is 0 Å². The summed E-state index contributed by atoms with van der Waals surface area (Å²) in [6.07, 6.45) is 7.84. The van der Waals surface area contributed by atoms with Crippen LogP contribution in [-0.4, -0.2) is 17.5 Å². The van der Waals surface area contributed by atoms with Crippen LogP contribution in [0.4, 0.5) is 0 Å². The van der Waals surface area contributed by atoms with E-state index in [2.05, 4.69) is 35.7 Å². The zero-order valence-electron chi connectivity index (χ0n) is 5.89. The number of hydrogen-bond acceptors (Lipinski definition) is 1. The van der Waals surface area contributed by atoms with Gasteiger partial charge in [-0.05, 0) is 0 Å². The average Bonchev–Trinajstić information content (AvgIpc) is 2.15. The van der Waals surface area contributed by atoms with Crippen molar-refractivity contribution in [3.63, 3.8) is 0 Å². The Morgan fingerprint density at radius 1 is 1.56 bits per heavy atom. The molecule has 1 aliphatic rings. The molecule has 48 valence electrons. The summed E-state index contributed by atoms with van der Waals surface area (Å²) in [6, 6.07) is 0. The summed E-state index contributed by atoms with van der Waals surface area (Å²) >= 11 is 0.0694. The quantitative estimate of drug-likeness (QED) is 0.547. The molecule has 0 saturated heterocycles. The van der Waals surface area contributed by atoms with Crippen molar-refractivity contribution in [2.75, 3.05) is 14.1 Å². The Hall–Kier alpha value is 0.154. The van der Waals surface area contributed by atoms with Crippen LogP contribution >= 0.6 is 0 Å².